The normalized spacial score (nSPS) is 17.2. The van der Waals surface area contributed by atoms with Crippen LogP contribution in [-0.4, -0.2) is 5.60 Å². The first-order chi connectivity index (χ1) is 8.01. The van der Waals surface area contributed by atoms with Crippen molar-refractivity contribution in [3.05, 3.63) is 34.8 Å². The number of hydrogen-bond donors (Lipinski definition) is 1. The van der Waals surface area contributed by atoms with Gasteiger partial charge in [-0.1, -0.05) is 0 Å². The highest BCUT2D eigenvalue weighted by molar-refractivity contribution is 5.59. The monoisotopic (exact) mass is 226 g/mol. The van der Waals surface area contributed by atoms with E-state index < -0.39 is 5.60 Å². The molecule has 0 spiro atoms. The molecular weight excluding hydrogens is 216 g/mol. The third-order valence-corrected chi connectivity index (χ3v) is 2.33. The second-order valence-corrected chi connectivity index (χ2v) is 3.80. The van der Waals surface area contributed by atoms with Crippen molar-refractivity contribution in [2.75, 3.05) is 0 Å². The number of hydrogen-bond acceptors (Lipinski definition) is 5. The minimum atomic E-state index is -0.783. The maximum atomic E-state index is 9.09. The molecule has 5 nitrogen and oxygen atoms in total. The summed E-state index contributed by atoms with van der Waals surface area (Å²) < 4.78 is 5.49. The maximum absolute atomic E-state index is 9.09. The third kappa shape index (κ3) is 1.97. The number of allylic oxidation sites excluding steroid dienone is 2. The van der Waals surface area contributed by atoms with E-state index in [9.17, 15) is 0 Å². The molecule has 1 aliphatic heterocycles. The summed E-state index contributed by atoms with van der Waals surface area (Å²) in [5.74, 6) is 0.0237. The second kappa shape index (κ2) is 4.43. The van der Waals surface area contributed by atoms with Gasteiger partial charge in [-0.05, 0) is 26.1 Å². The summed E-state index contributed by atoms with van der Waals surface area (Å²) in [6, 6.07) is 5.36. The molecule has 1 aliphatic rings. The Kier molecular flexibility index (Phi) is 3.22. The zero-order valence-corrected chi connectivity index (χ0v) is 9.48. The van der Waals surface area contributed by atoms with Gasteiger partial charge in [0.2, 0.25) is 0 Å². The van der Waals surface area contributed by atoms with Crippen molar-refractivity contribution in [1.82, 2.24) is 0 Å². The van der Waals surface area contributed by atoms with Gasteiger partial charge in [-0.15, -0.1) is 0 Å². The molecule has 0 radical (unpaired) electrons. The lowest BCUT2D eigenvalue weighted by molar-refractivity contribution is 0.0954. The molecule has 17 heavy (non-hydrogen) atoms. The highest BCUT2D eigenvalue weighted by atomic mass is 16.5. The minimum Gasteiger partial charge on any atom is -0.480 e. The zero-order chi connectivity index (χ0) is 13.1. The van der Waals surface area contributed by atoms with Crippen molar-refractivity contribution in [2.24, 2.45) is 5.73 Å². The number of nitriles is 3. The molecule has 0 unspecified atom stereocenters. The third-order valence-electron chi connectivity index (χ3n) is 2.33. The van der Waals surface area contributed by atoms with E-state index in [1.807, 2.05) is 6.07 Å². The molecular formula is C12H10N4O. The van der Waals surface area contributed by atoms with E-state index in [1.54, 1.807) is 26.0 Å². The number of ether oxygens (including phenoxy) is 1. The van der Waals surface area contributed by atoms with Crippen LogP contribution in [0.25, 0.3) is 0 Å². The highest BCUT2D eigenvalue weighted by Crippen LogP contribution is 2.39. The van der Waals surface area contributed by atoms with Crippen molar-refractivity contribution < 1.29 is 4.74 Å². The molecule has 0 aliphatic carbocycles. The Morgan fingerprint density at radius 2 is 1.88 bits per heavy atom. The van der Waals surface area contributed by atoms with Crippen molar-refractivity contribution in [1.29, 1.82) is 15.8 Å². The predicted molar refractivity (Wildman–Crippen MR) is 59.4 cm³/mol. The quantitative estimate of drug-likeness (QED) is 0.680. The van der Waals surface area contributed by atoms with Crippen LogP contribution in [0.4, 0.5) is 0 Å². The fraction of sp³-hybridized carbons (Fsp3) is 0.250. The van der Waals surface area contributed by atoms with Gasteiger partial charge in [0.05, 0.1) is 0 Å². The van der Waals surface area contributed by atoms with Gasteiger partial charge in [-0.3, -0.25) is 0 Å². The molecule has 0 amide bonds. The number of nitrogens with zero attached hydrogens (tertiary/aromatic N) is 3. The Hall–Kier alpha value is -2.71. The molecule has 2 N–H and O–H groups in total. The predicted octanol–water partition coefficient (Wildman–Crippen LogP) is 1.39. The van der Waals surface area contributed by atoms with Crippen LogP contribution >= 0.6 is 0 Å². The summed E-state index contributed by atoms with van der Waals surface area (Å²) in [6.07, 6.45) is 2.83. The number of nitrogens with two attached hydrogens (primary N) is 1. The molecule has 0 saturated heterocycles. The topological polar surface area (TPSA) is 107 Å². The molecule has 1 heterocycles. The summed E-state index contributed by atoms with van der Waals surface area (Å²) >= 11 is 0. The van der Waals surface area contributed by atoms with E-state index in [-0.39, 0.29) is 16.9 Å². The molecule has 1 rings (SSSR count). The van der Waals surface area contributed by atoms with Gasteiger partial charge in [0.1, 0.15) is 29.4 Å². The maximum Gasteiger partial charge on any atom is 0.172 e. The molecule has 0 atom stereocenters. The average Bonchev–Trinajstić information content (AvgIpc) is 2.53. The lowest BCUT2D eigenvalue weighted by Crippen LogP contribution is -2.21. The SMILES string of the molecule is CC1(C)OC(=C(C#N)C#N)C(C#N)=C1/C=C/N. The highest BCUT2D eigenvalue weighted by Gasteiger charge is 2.38. The van der Waals surface area contributed by atoms with Gasteiger partial charge >= 0.3 is 0 Å². The van der Waals surface area contributed by atoms with Crippen LogP contribution in [0.5, 0.6) is 0 Å². The van der Waals surface area contributed by atoms with Crippen LogP contribution < -0.4 is 5.73 Å². The van der Waals surface area contributed by atoms with Crippen molar-refractivity contribution in [2.45, 2.75) is 19.4 Å². The Balaban J connectivity index is 3.58. The fourth-order valence-corrected chi connectivity index (χ4v) is 1.58. The van der Waals surface area contributed by atoms with Gasteiger partial charge in [0.25, 0.3) is 0 Å². The second-order valence-electron chi connectivity index (χ2n) is 3.80. The Morgan fingerprint density at radius 1 is 1.29 bits per heavy atom. The molecule has 84 valence electrons. The van der Waals surface area contributed by atoms with Crippen LogP contribution in [-0.2, 0) is 4.74 Å². The van der Waals surface area contributed by atoms with E-state index in [2.05, 4.69) is 0 Å². The summed E-state index contributed by atoms with van der Waals surface area (Å²) in [6.45, 7) is 3.47. The van der Waals surface area contributed by atoms with Crippen LogP contribution in [0.1, 0.15) is 13.8 Å². The van der Waals surface area contributed by atoms with E-state index >= 15 is 0 Å². The molecule has 0 aromatic carbocycles. The van der Waals surface area contributed by atoms with E-state index in [1.165, 1.54) is 12.3 Å². The molecule has 0 bridgehead atoms. The van der Waals surface area contributed by atoms with Gasteiger partial charge in [0, 0.05) is 5.57 Å². The van der Waals surface area contributed by atoms with Crippen molar-refractivity contribution in [3.8, 4) is 18.2 Å². The molecule has 0 aromatic rings. The summed E-state index contributed by atoms with van der Waals surface area (Å²) in [7, 11) is 0. The van der Waals surface area contributed by atoms with E-state index in [0.717, 1.165) is 0 Å². The largest absolute Gasteiger partial charge is 0.480 e. The Bertz CT molecular complexity index is 543. The molecule has 0 aromatic heterocycles. The minimum absolute atomic E-state index is 0.0237. The lowest BCUT2D eigenvalue weighted by atomic mass is 9.95. The van der Waals surface area contributed by atoms with Crippen molar-refractivity contribution in [3.63, 3.8) is 0 Å². The van der Waals surface area contributed by atoms with Crippen LogP contribution in [0.15, 0.2) is 34.8 Å². The lowest BCUT2D eigenvalue weighted by Gasteiger charge is -2.20. The number of rotatable bonds is 1. The van der Waals surface area contributed by atoms with Crippen LogP contribution in [0.3, 0.4) is 0 Å². The van der Waals surface area contributed by atoms with Gasteiger partial charge < -0.3 is 10.5 Å². The average molecular weight is 226 g/mol. The van der Waals surface area contributed by atoms with E-state index in [4.69, 9.17) is 26.3 Å². The van der Waals surface area contributed by atoms with Crippen molar-refractivity contribution >= 4 is 0 Å². The first-order valence-corrected chi connectivity index (χ1v) is 4.78. The molecule has 0 fully saturated rings. The Morgan fingerprint density at radius 3 is 2.29 bits per heavy atom. The summed E-state index contributed by atoms with van der Waals surface area (Å²) in [4.78, 5) is 0. The Labute approximate surface area is 99.3 Å². The standard InChI is InChI=1S/C12H10N4O/c1-12(2)10(3-4-13)9(7-16)11(17-12)8(5-14)6-15/h3-4H,13H2,1-2H3/b4-3+. The van der Waals surface area contributed by atoms with Crippen LogP contribution in [0, 0.1) is 34.0 Å². The summed E-state index contributed by atoms with van der Waals surface area (Å²) in [5, 5.41) is 26.7. The van der Waals surface area contributed by atoms with Gasteiger partial charge in [-0.2, -0.15) is 15.8 Å². The van der Waals surface area contributed by atoms with Gasteiger partial charge in [0.15, 0.2) is 11.3 Å². The van der Waals surface area contributed by atoms with Crippen LogP contribution in [0.2, 0.25) is 0 Å². The van der Waals surface area contributed by atoms with E-state index in [0.29, 0.717) is 5.57 Å². The smallest absolute Gasteiger partial charge is 0.172 e. The first-order valence-electron chi connectivity index (χ1n) is 4.78. The van der Waals surface area contributed by atoms with Gasteiger partial charge in [-0.25, -0.2) is 0 Å². The molecule has 0 saturated carbocycles. The first kappa shape index (κ1) is 12.4. The molecule has 5 heteroatoms. The summed E-state index contributed by atoms with van der Waals surface area (Å²) in [5.41, 5.74) is 5.04. The fourth-order valence-electron chi connectivity index (χ4n) is 1.58. The zero-order valence-electron chi connectivity index (χ0n) is 9.48.